The first kappa shape index (κ1) is 16.5. The molecule has 2 N–H and O–H groups in total. The van der Waals surface area contributed by atoms with Crippen LogP contribution in [0.1, 0.15) is 42.5 Å². The molecule has 1 amide bonds. The fourth-order valence-corrected chi connectivity index (χ4v) is 3.38. The van der Waals surface area contributed by atoms with E-state index >= 15 is 0 Å². The van der Waals surface area contributed by atoms with E-state index in [9.17, 15) is 9.59 Å². The van der Waals surface area contributed by atoms with Gasteiger partial charge in [0.15, 0.2) is 0 Å². The molecule has 1 heterocycles. The average Bonchev–Trinajstić information content (AvgIpc) is 3.16. The second-order valence-corrected chi connectivity index (χ2v) is 6.60. The van der Waals surface area contributed by atoms with Crippen molar-refractivity contribution in [1.82, 2.24) is 15.1 Å². The first-order chi connectivity index (χ1) is 11.5. The number of nitrogens with one attached hydrogen (secondary N) is 1. The van der Waals surface area contributed by atoms with Gasteiger partial charge in [-0.3, -0.25) is 9.59 Å². The molecule has 0 spiro atoms. The zero-order valence-corrected chi connectivity index (χ0v) is 13.8. The lowest BCUT2D eigenvalue weighted by atomic mass is 9.93. The molecule has 0 unspecified atom stereocenters. The van der Waals surface area contributed by atoms with Gasteiger partial charge in [-0.1, -0.05) is 30.5 Å². The molecule has 1 fully saturated rings. The molecule has 24 heavy (non-hydrogen) atoms. The van der Waals surface area contributed by atoms with E-state index in [-0.39, 0.29) is 12.3 Å². The molecule has 1 aromatic carbocycles. The zero-order chi connectivity index (χ0) is 17.2. The van der Waals surface area contributed by atoms with E-state index in [4.69, 9.17) is 16.7 Å². The van der Waals surface area contributed by atoms with Gasteiger partial charge in [0.1, 0.15) is 0 Å². The summed E-state index contributed by atoms with van der Waals surface area (Å²) in [6, 6.07) is 7.15. The van der Waals surface area contributed by atoms with Crippen molar-refractivity contribution in [2.45, 2.75) is 37.6 Å². The first-order valence-corrected chi connectivity index (χ1v) is 8.20. The van der Waals surface area contributed by atoms with E-state index in [1.54, 1.807) is 29.1 Å². The van der Waals surface area contributed by atoms with Gasteiger partial charge in [0.25, 0.3) is 5.91 Å². The summed E-state index contributed by atoms with van der Waals surface area (Å²) in [6.45, 7) is 0. The molecule has 0 saturated heterocycles. The summed E-state index contributed by atoms with van der Waals surface area (Å²) in [6.07, 6.45) is 6.26. The minimum atomic E-state index is -0.896. The molecule has 0 radical (unpaired) electrons. The highest BCUT2D eigenvalue weighted by Gasteiger charge is 2.37. The Morgan fingerprint density at radius 3 is 2.75 bits per heavy atom. The third-order valence-electron chi connectivity index (χ3n) is 4.35. The van der Waals surface area contributed by atoms with Crippen molar-refractivity contribution < 1.29 is 14.7 Å². The highest BCUT2D eigenvalue weighted by molar-refractivity contribution is 6.30. The summed E-state index contributed by atoms with van der Waals surface area (Å²) >= 11 is 5.97. The molecule has 0 bridgehead atoms. The maximum absolute atomic E-state index is 12.5. The molecule has 0 aliphatic heterocycles. The number of carbonyl (C=O) groups is 2. The highest BCUT2D eigenvalue weighted by Crippen LogP contribution is 2.33. The molecule has 3 rings (SSSR count). The van der Waals surface area contributed by atoms with Crippen LogP contribution in [0.2, 0.25) is 5.02 Å². The average molecular weight is 348 g/mol. The van der Waals surface area contributed by atoms with E-state index in [0.717, 1.165) is 18.5 Å². The van der Waals surface area contributed by atoms with Gasteiger partial charge in [0, 0.05) is 11.2 Å². The SMILES string of the molecule is O=C(O)CC1(NC(=O)c2cnn(-c3cccc(Cl)c3)c2)CCCC1. The Kier molecular flexibility index (Phi) is 4.57. The fraction of sp³-hybridized carbons (Fsp3) is 0.353. The van der Waals surface area contributed by atoms with Gasteiger partial charge in [-0.05, 0) is 31.0 Å². The Labute approximate surface area is 144 Å². The van der Waals surface area contributed by atoms with Gasteiger partial charge in [0.05, 0.1) is 29.4 Å². The number of hydrogen-bond acceptors (Lipinski definition) is 3. The number of nitrogens with zero attached hydrogens (tertiary/aromatic N) is 2. The number of amides is 1. The molecule has 1 aliphatic carbocycles. The van der Waals surface area contributed by atoms with Gasteiger partial charge in [-0.15, -0.1) is 0 Å². The molecule has 1 aromatic heterocycles. The summed E-state index contributed by atoms with van der Waals surface area (Å²) in [5.41, 5.74) is 0.496. The molecular weight excluding hydrogens is 330 g/mol. The normalized spacial score (nSPS) is 16.0. The van der Waals surface area contributed by atoms with E-state index < -0.39 is 11.5 Å². The topological polar surface area (TPSA) is 84.2 Å². The molecular formula is C17H18ClN3O3. The highest BCUT2D eigenvalue weighted by atomic mass is 35.5. The molecule has 1 saturated carbocycles. The molecule has 6 nitrogen and oxygen atoms in total. The van der Waals surface area contributed by atoms with Crippen LogP contribution in [0.3, 0.4) is 0 Å². The maximum atomic E-state index is 12.5. The van der Waals surface area contributed by atoms with Gasteiger partial charge >= 0.3 is 5.97 Å². The summed E-state index contributed by atoms with van der Waals surface area (Å²) in [5, 5.41) is 16.8. The predicted molar refractivity (Wildman–Crippen MR) is 89.5 cm³/mol. The molecule has 0 atom stereocenters. The van der Waals surface area contributed by atoms with Crippen LogP contribution in [0.4, 0.5) is 0 Å². The van der Waals surface area contributed by atoms with E-state index in [1.165, 1.54) is 6.20 Å². The van der Waals surface area contributed by atoms with Crippen LogP contribution < -0.4 is 5.32 Å². The van der Waals surface area contributed by atoms with E-state index in [1.807, 2.05) is 6.07 Å². The van der Waals surface area contributed by atoms with Crippen molar-refractivity contribution in [3.8, 4) is 5.69 Å². The predicted octanol–water partition coefficient (Wildman–Crippen LogP) is 3.04. The smallest absolute Gasteiger partial charge is 0.305 e. The third kappa shape index (κ3) is 3.59. The standard InChI is InChI=1S/C17H18ClN3O3/c18-13-4-3-5-14(8-13)21-11-12(10-19-21)16(24)20-17(9-15(22)23)6-1-2-7-17/h3-5,8,10-11H,1-2,6-7,9H2,(H,20,24)(H,22,23). The van der Waals surface area contributed by atoms with Gasteiger partial charge in [-0.25, -0.2) is 4.68 Å². The Hall–Kier alpha value is -2.34. The second kappa shape index (κ2) is 6.65. The van der Waals surface area contributed by atoms with E-state index in [2.05, 4.69) is 10.4 Å². The maximum Gasteiger partial charge on any atom is 0.305 e. The number of aliphatic carboxylic acids is 1. The third-order valence-corrected chi connectivity index (χ3v) is 4.58. The Balaban J connectivity index is 1.77. The van der Waals surface area contributed by atoms with Crippen molar-refractivity contribution in [2.75, 3.05) is 0 Å². The fourth-order valence-electron chi connectivity index (χ4n) is 3.20. The monoisotopic (exact) mass is 347 g/mol. The van der Waals surface area contributed by atoms with Crippen LogP contribution in [0.25, 0.3) is 5.69 Å². The lowest BCUT2D eigenvalue weighted by Crippen LogP contribution is -2.47. The van der Waals surface area contributed by atoms with Crippen LogP contribution in [0.5, 0.6) is 0 Å². The largest absolute Gasteiger partial charge is 0.481 e. The van der Waals surface area contributed by atoms with E-state index in [0.29, 0.717) is 23.4 Å². The van der Waals surface area contributed by atoms with Gasteiger partial charge in [-0.2, -0.15) is 5.10 Å². The Morgan fingerprint density at radius 1 is 1.33 bits per heavy atom. The van der Waals surface area contributed by atoms with Crippen molar-refractivity contribution in [3.63, 3.8) is 0 Å². The van der Waals surface area contributed by atoms with Crippen molar-refractivity contribution in [3.05, 3.63) is 47.2 Å². The number of benzene rings is 1. The van der Waals surface area contributed by atoms with Gasteiger partial charge < -0.3 is 10.4 Å². The Morgan fingerprint density at radius 2 is 2.08 bits per heavy atom. The quantitative estimate of drug-likeness (QED) is 0.870. The zero-order valence-electron chi connectivity index (χ0n) is 13.0. The van der Waals surface area contributed by atoms with Crippen molar-refractivity contribution in [2.24, 2.45) is 0 Å². The van der Waals surface area contributed by atoms with Crippen LogP contribution in [-0.2, 0) is 4.79 Å². The van der Waals surface area contributed by atoms with Crippen LogP contribution in [-0.4, -0.2) is 32.3 Å². The summed E-state index contributed by atoms with van der Waals surface area (Å²) < 4.78 is 1.57. The molecule has 7 heteroatoms. The minimum absolute atomic E-state index is 0.0544. The number of rotatable bonds is 5. The molecule has 126 valence electrons. The molecule has 2 aromatic rings. The number of hydrogen-bond donors (Lipinski definition) is 2. The lowest BCUT2D eigenvalue weighted by Gasteiger charge is -2.28. The molecule has 1 aliphatic rings. The minimum Gasteiger partial charge on any atom is -0.481 e. The number of carboxylic acid groups (broad SMARTS) is 1. The summed E-state index contributed by atoms with van der Waals surface area (Å²) in [4.78, 5) is 23.6. The van der Waals surface area contributed by atoms with Crippen LogP contribution in [0.15, 0.2) is 36.7 Å². The van der Waals surface area contributed by atoms with Crippen molar-refractivity contribution >= 4 is 23.5 Å². The number of halogens is 1. The Bertz CT molecular complexity index is 766. The van der Waals surface area contributed by atoms with Crippen molar-refractivity contribution in [1.29, 1.82) is 0 Å². The summed E-state index contributed by atoms with van der Waals surface area (Å²) in [5.74, 6) is -1.20. The number of aromatic nitrogens is 2. The number of carbonyl (C=O) groups excluding carboxylic acids is 1. The number of carboxylic acids is 1. The second-order valence-electron chi connectivity index (χ2n) is 6.17. The van der Waals surface area contributed by atoms with Gasteiger partial charge in [0.2, 0.25) is 0 Å². The first-order valence-electron chi connectivity index (χ1n) is 7.82. The van der Waals surface area contributed by atoms with Crippen LogP contribution >= 0.6 is 11.6 Å². The lowest BCUT2D eigenvalue weighted by molar-refractivity contribution is -0.138. The summed E-state index contributed by atoms with van der Waals surface area (Å²) in [7, 11) is 0. The van der Waals surface area contributed by atoms with Crippen LogP contribution in [0, 0.1) is 0 Å².